The number of amides is 1. The van der Waals surface area contributed by atoms with E-state index in [1.165, 1.54) is 9.99 Å². The smallest absolute Gasteiger partial charge is 0.264 e. The Balaban J connectivity index is 1.20. The first-order valence-electron chi connectivity index (χ1n) is 11.9. The third kappa shape index (κ3) is 4.71. The molecule has 1 amide bonds. The largest absolute Gasteiger partial charge is 0.483 e. The molecule has 0 bridgehead atoms. The van der Waals surface area contributed by atoms with Crippen LogP contribution < -0.4 is 13.9 Å². The lowest BCUT2D eigenvalue weighted by Crippen LogP contribution is -2.50. The van der Waals surface area contributed by atoms with Gasteiger partial charge in [-0.2, -0.15) is 0 Å². The Kier molecular flexibility index (Phi) is 6.38. The zero-order valence-corrected chi connectivity index (χ0v) is 20.6. The summed E-state index contributed by atoms with van der Waals surface area (Å²) in [5.41, 5.74) is 3.62. The summed E-state index contributed by atoms with van der Waals surface area (Å²) < 4.78 is 33.8. The third-order valence-electron chi connectivity index (χ3n) is 6.68. The Bertz CT molecular complexity index is 1320. The van der Waals surface area contributed by atoms with Crippen molar-refractivity contribution in [2.45, 2.75) is 18.2 Å². The molecule has 3 aromatic carbocycles. The lowest BCUT2D eigenvalue weighted by Gasteiger charge is -2.36. The summed E-state index contributed by atoms with van der Waals surface area (Å²) in [7, 11) is -3.67. The van der Waals surface area contributed by atoms with Gasteiger partial charge in [0, 0.05) is 38.4 Å². The van der Waals surface area contributed by atoms with Gasteiger partial charge in [0.05, 0.1) is 10.6 Å². The molecule has 0 N–H and O–H groups in total. The molecule has 0 radical (unpaired) electrons. The minimum absolute atomic E-state index is 0.0671. The molecule has 182 valence electrons. The van der Waals surface area contributed by atoms with Gasteiger partial charge in [0.1, 0.15) is 5.75 Å². The molecular formula is C27H29N3O4S. The van der Waals surface area contributed by atoms with E-state index >= 15 is 0 Å². The van der Waals surface area contributed by atoms with E-state index in [1.807, 2.05) is 47.4 Å². The summed E-state index contributed by atoms with van der Waals surface area (Å²) in [6.07, 6.45) is 0.706. The van der Waals surface area contributed by atoms with Gasteiger partial charge < -0.3 is 14.5 Å². The van der Waals surface area contributed by atoms with Gasteiger partial charge in [0.15, 0.2) is 6.61 Å². The minimum Gasteiger partial charge on any atom is -0.483 e. The van der Waals surface area contributed by atoms with Crippen molar-refractivity contribution in [1.29, 1.82) is 0 Å². The standard InChI is InChI=1S/C27H29N3O4S/c1-21-19-24(35(32,33)30-14-13-22-7-5-6-10-25(22)30)11-12-26(21)34-20-27(31)29-17-15-28(16-18-29)23-8-3-2-4-9-23/h2-12,19H,13-18,20H2,1H3. The molecule has 35 heavy (non-hydrogen) atoms. The number of nitrogens with zero attached hydrogens (tertiary/aromatic N) is 3. The van der Waals surface area contributed by atoms with Gasteiger partial charge in [0.2, 0.25) is 0 Å². The van der Waals surface area contributed by atoms with Gasteiger partial charge in [-0.3, -0.25) is 9.10 Å². The molecule has 3 aromatic rings. The zero-order chi connectivity index (χ0) is 24.4. The number of hydrogen-bond acceptors (Lipinski definition) is 5. The first-order chi connectivity index (χ1) is 16.9. The van der Waals surface area contributed by atoms with Gasteiger partial charge in [0.25, 0.3) is 15.9 Å². The minimum atomic E-state index is -3.67. The van der Waals surface area contributed by atoms with Gasteiger partial charge in [-0.15, -0.1) is 0 Å². The second-order valence-electron chi connectivity index (χ2n) is 8.88. The van der Waals surface area contributed by atoms with Gasteiger partial charge in [-0.1, -0.05) is 36.4 Å². The number of piperazine rings is 1. The molecule has 2 aliphatic heterocycles. The topological polar surface area (TPSA) is 70.2 Å². The summed E-state index contributed by atoms with van der Waals surface area (Å²) in [5.74, 6) is 0.449. The van der Waals surface area contributed by atoms with E-state index < -0.39 is 10.0 Å². The maximum absolute atomic E-state index is 13.3. The molecule has 5 rings (SSSR count). The number of aryl methyl sites for hydroxylation is 1. The normalized spacial score (nSPS) is 15.7. The van der Waals surface area contributed by atoms with Crippen LogP contribution in [-0.2, 0) is 21.2 Å². The quantitative estimate of drug-likeness (QED) is 0.528. The van der Waals surface area contributed by atoms with Crippen molar-refractivity contribution in [1.82, 2.24) is 4.90 Å². The van der Waals surface area contributed by atoms with Crippen molar-refractivity contribution < 1.29 is 17.9 Å². The Morgan fingerprint density at radius 1 is 0.886 bits per heavy atom. The summed E-state index contributed by atoms with van der Waals surface area (Å²) in [4.78, 5) is 17.0. The van der Waals surface area contributed by atoms with Crippen LogP contribution in [0.15, 0.2) is 77.7 Å². The molecule has 0 aromatic heterocycles. The number of sulfonamides is 1. The van der Waals surface area contributed by atoms with Crippen molar-refractivity contribution in [3.8, 4) is 5.75 Å². The van der Waals surface area contributed by atoms with E-state index in [4.69, 9.17) is 4.74 Å². The first kappa shape index (κ1) is 23.2. The molecular weight excluding hydrogens is 462 g/mol. The maximum atomic E-state index is 13.3. The molecule has 0 spiro atoms. The van der Waals surface area contributed by atoms with Crippen LogP contribution in [0.5, 0.6) is 5.75 Å². The molecule has 0 saturated carbocycles. The molecule has 2 aliphatic rings. The highest BCUT2D eigenvalue weighted by Gasteiger charge is 2.31. The van der Waals surface area contributed by atoms with Crippen LogP contribution in [0.2, 0.25) is 0 Å². The number of benzene rings is 3. The zero-order valence-electron chi connectivity index (χ0n) is 19.8. The van der Waals surface area contributed by atoms with Crippen LogP contribution >= 0.6 is 0 Å². The lowest BCUT2D eigenvalue weighted by atomic mass is 10.2. The van der Waals surface area contributed by atoms with E-state index in [-0.39, 0.29) is 17.4 Å². The summed E-state index contributed by atoms with van der Waals surface area (Å²) in [5, 5.41) is 0. The predicted octanol–water partition coefficient (Wildman–Crippen LogP) is 3.47. The average molecular weight is 492 g/mol. The second kappa shape index (κ2) is 9.62. The number of para-hydroxylation sites is 2. The second-order valence-corrected chi connectivity index (χ2v) is 10.7. The van der Waals surface area contributed by atoms with Crippen LogP contribution in [0.1, 0.15) is 11.1 Å². The Morgan fingerprint density at radius 2 is 1.60 bits per heavy atom. The molecule has 0 unspecified atom stereocenters. The number of fused-ring (bicyclic) bond motifs is 1. The fourth-order valence-corrected chi connectivity index (χ4v) is 6.30. The SMILES string of the molecule is Cc1cc(S(=O)(=O)N2CCc3ccccc32)ccc1OCC(=O)N1CCN(c2ccccc2)CC1. The molecule has 1 saturated heterocycles. The Morgan fingerprint density at radius 3 is 2.34 bits per heavy atom. The van der Waals surface area contributed by atoms with Gasteiger partial charge >= 0.3 is 0 Å². The van der Waals surface area contributed by atoms with Crippen molar-refractivity contribution in [2.24, 2.45) is 0 Å². The number of anilines is 2. The van der Waals surface area contributed by atoms with Crippen LogP contribution in [0, 0.1) is 6.92 Å². The number of carbonyl (C=O) groups excluding carboxylic acids is 1. The third-order valence-corrected chi connectivity index (χ3v) is 8.49. The number of hydrogen-bond donors (Lipinski definition) is 0. The molecule has 8 heteroatoms. The predicted molar refractivity (Wildman–Crippen MR) is 137 cm³/mol. The first-order valence-corrected chi connectivity index (χ1v) is 13.3. The Hall–Kier alpha value is -3.52. The van der Waals surface area contributed by atoms with Crippen molar-refractivity contribution in [2.75, 3.05) is 48.5 Å². The van der Waals surface area contributed by atoms with Crippen LogP contribution in [0.4, 0.5) is 11.4 Å². The molecule has 1 fully saturated rings. The number of carbonyl (C=O) groups is 1. The van der Waals surface area contributed by atoms with E-state index in [9.17, 15) is 13.2 Å². The van der Waals surface area contributed by atoms with Crippen molar-refractivity contribution >= 4 is 27.3 Å². The number of ether oxygens (including phenoxy) is 1. The Labute approximate surface area is 206 Å². The summed E-state index contributed by atoms with van der Waals surface area (Å²) >= 11 is 0. The average Bonchev–Trinajstić information content (AvgIpc) is 3.33. The molecule has 2 heterocycles. The lowest BCUT2D eigenvalue weighted by molar-refractivity contribution is -0.133. The fourth-order valence-electron chi connectivity index (χ4n) is 4.71. The van der Waals surface area contributed by atoms with Gasteiger partial charge in [-0.25, -0.2) is 8.42 Å². The van der Waals surface area contributed by atoms with E-state index in [0.29, 0.717) is 37.4 Å². The van der Waals surface area contributed by atoms with E-state index in [2.05, 4.69) is 17.0 Å². The number of rotatable bonds is 6. The molecule has 0 aliphatic carbocycles. The highest BCUT2D eigenvalue weighted by atomic mass is 32.2. The van der Waals surface area contributed by atoms with E-state index in [0.717, 1.165) is 24.3 Å². The van der Waals surface area contributed by atoms with Crippen LogP contribution in [0.3, 0.4) is 0 Å². The van der Waals surface area contributed by atoms with Gasteiger partial charge in [-0.05, 0) is 60.9 Å². The molecule has 0 atom stereocenters. The fraction of sp³-hybridized carbons (Fsp3) is 0.296. The highest BCUT2D eigenvalue weighted by molar-refractivity contribution is 7.92. The van der Waals surface area contributed by atoms with E-state index in [1.54, 1.807) is 25.1 Å². The van der Waals surface area contributed by atoms with Crippen molar-refractivity contribution in [3.05, 3.63) is 83.9 Å². The summed E-state index contributed by atoms with van der Waals surface area (Å²) in [6, 6.07) is 22.6. The summed E-state index contributed by atoms with van der Waals surface area (Å²) in [6.45, 7) is 5.01. The van der Waals surface area contributed by atoms with Crippen LogP contribution in [-0.4, -0.2) is 58.6 Å². The highest BCUT2D eigenvalue weighted by Crippen LogP contribution is 2.33. The maximum Gasteiger partial charge on any atom is 0.264 e. The molecule has 7 nitrogen and oxygen atoms in total. The van der Waals surface area contributed by atoms with Crippen molar-refractivity contribution in [3.63, 3.8) is 0 Å². The monoisotopic (exact) mass is 491 g/mol. The van der Waals surface area contributed by atoms with Crippen LogP contribution in [0.25, 0.3) is 0 Å².